The van der Waals surface area contributed by atoms with Gasteiger partial charge < -0.3 is 16.2 Å². The van der Waals surface area contributed by atoms with E-state index in [-0.39, 0.29) is 6.10 Å². The third-order valence-electron chi connectivity index (χ3n) is 3.25. The summed E-state index contributed by atoms with van der Waals surface area (Å²) >= 11 is 0. The van der Waals surface area contributed by atoms with E-state index in [1.54, 1.807) is 6.20 Å². The third kappa shape index (κ3) is 2.44. The molecule has 4 heteroatoms. The van der Waals surface area contributed by atoms with Crippen molar-refractivity contribution in [3.05, 3.63) is 17.8 Å². The quantitative estimate of drug-likeness (QED) is 0.710. The second-order valence-electron chi connectivity index (χ2n) is 4.54. The second-order valence-corrected chi connectivity index (χ2v) is 4.54. The van der Waals surface area contributed by atoms with Crippen molar-refractivity contribution in [2.24, 2.45) is 0 Å². The molecule has 1 aromatic rings. The molecular formula is C12H19N3O. The number of rotatable bonds is 2. The van der Waals surface area contributed by atoms with Gasteiger partial charge in [-0.15, -0.1) is 0 Å². The number of nitrogens with two attached hydrogens (primary N) is 1. The Morgan fingerprint density at radius 3 is 2.75 bits per heavy atom. The number of hydrogen-bond donors (Lipinski definition) is 3. The predicted octanol–water partition coefficient (Wildman–Crippen LogP) is 1.69. The number of hydrogen-bond acceptors (Lipinski definition) is 4. The molecule has 1 saturated carbocycles. The topological polar surface area (TPSA) is 71.2 Å². The zero-order valence-corrected chi connectivity index (χ0v) is 9.61. The lowest BCUT2D eigenvalue weighted by Gasteiger charge is -2.27. The highest BCUT2D eigenvalue weighted by Gasteiger charge is 2.20. The first kappa shape index (κ1) is 11.2. The van der Waals surface area contributed by atoms with Gasteiger partial charge >= 0.3 is 0 Å². The van der Waals surface area contributed by atoms with Crippen LogP contribution < -0.4 is 11.1 Å². The molecular weight excluding hydrogens is 202 g/mol. The smallest absolute Gasteiger partial charge is 0.149 e. The molecule has 1 aliphatic carbocycles. The molecule has 0 aromatic carbocycles. The zero-order chi connectivity index (χ0) is 11.5. The van der Waals surface area contributed by atoms with Gasteiger partial charge in [0.15, 0.2) is 0 Å². The number of pyridine rings is 1. The Balaban J connectivity index is 2.01. The van der Waals surface area contributed by atoms with Crippen molar-refractivity contribution in [2.45, 2.75) is 44.8 Å². The summed E-state index contributed by atoms with van der Waals surface area (Å²) in [5.41, 5.74) is 7.73. The van der Waals surface area contributed by atoms with E-state index in [1.807, 2.05) is 13.0 Å². The van der Waals surface area contributed by atoms with Crippen molar-refractivity contribution in [1.29, 1.82) is 0 Å². The number of nitrogens with zero attached hydrogens (tertiary/aromatic N) is 1. The number of aliphatic hydroxyl groups is 1. The highest BCUT2D eigenvalue weighted by atomic mass is 16.3. The number of aliphatic hydroxyl groups excluding tert-OH is 1. The summed E-state index contributed by atoms with van der Waals surface area (Å²) in [5.74, 6) is 0.779. The van der Waals surface area contributed by atoms with Crippen LogP contribution in [0, 0.1) is 6.92 Å². The maximum Gasteiger partial charge on any atom is 0.149 e. The standard InChI is InChI=1S/C12H19N3O/c1-8-6-7-14-12(11(8)13)15-9-2-4-10(16)5-3-9/h6-7,9-10,16H,2-5,13H2,1H3,(H,14,15). The van der Waals surface area contributed by atoms with E-state index in [9.17, 15) is 5.11 Å². The number of aryl methyl sites for hydroxylation is 1. The van der Waals surface area contributed by atoms with Gasteiger partial charge in [-0.2, -0.15) is 0 Å². The normalized spacial score (nSPS) is 25.4. The summed E-state index contributed by atoms with van der Waals surface area (Å²) in [6.07, 6.45) is 5.34. The fourth-order valence-corrected chi connectivity index (χ4v) is 2.10. The van der Waals surface area contributed by atoms with E-state index in [0.29, 0.717) is 6.04 Å². The zero-order valence-electron chi connectivity index (χ0n) is 9.61. The third-order valence-corrected chi connectivity index (χ3v) is 3.25. The summed E-state index contributed by atoms with van der Waals surface area (Å²) < 4.78 is 0. The minimum Gasteiger partial charge on any atom is -0.396 e. The van der Waals surface area contributed by atoms with Crippen LogP contribution in [0.15, 0.2) is 12.3 Å². The fourth-order valence-electron chi connectivity index (χ4n) is 2.10. The maximum absolute atomic E-state index is 9.42. The predicted molar refractivity (Wildman–Crippen MR) is 65.3 cm³/mol. The van der Waals surface area contributed by atoms with E-state index in [4.69, 9.17) is 5.73 Å². The van der Waals surface area contributed by atoms with E-state index >= 15 is 0 Å². The van der Waals surface area contributed by atoms with Gasteiger partial charge in [-0.3, -0.25) is 0 Å². The van der Waals surface area contributed by atoms with Crippen LogP contribution in [-0.4, -0.2) is 22.2 Å². The van der Waals surface area contributed by atoms with Gasteiger partial charge in [0.2, 0.25) is 0 Å². The highest BCUT2D eigenvalue weighted by molar-refractivity contribution is 5.65. The molecule has 0 unspecified atom stereocenters. The van der Waals surface area contributed by atoms with Crippen molar-refractivity contribution >= 4 is 11.5 Å². The maximum atomic E-state index is 9.42. The van der Waals surface area contributed by atoms with Crippen LogP contribution >= 0.6 is 0 Å². The van der Waals surface area contributed by atoms with Crippen molar-refractivity contribution < 1.29 is 5.11 Å². The van der Waals surface area contributed by atoms with Gasteiger partial charge in [-0.1, -0.05) is 0 Å². The largest absolute Gasteiger partial charge is 0.396 e. The molecule has 4 N–H and O–H groups in total. The summed E-state index contributed by atoms with van der Waals surface area (Å²) in [7, 11) is 0. The first-order valence-corrected chi connectivity index (χ1v) is 5.82. The summed E-state index contributed by atoms with van der Waals surface area (Å²) in [6.45, 7) is 1.98. The highest BCUT2D eigenvalue weighted by Crippen LogP contribution is 2.25. The van der Waals surface area contributed by atoms with Crippen LogP contribution in [0.5, 0.6) is 0 Å². The summed E-state index contributed by atoms with van der Waals surface area (Å²) in [5, 5.41) is 12.8. The fraction of sp³-hybridized carbons (Fsp3) is 0.583. The molecule has 0 amide bonds. The molecule has 1 aromatic heterocycles. The lowest BCUT2D eigenvalue weighted by molar-refractivity contribution is 0.126. The minimum absolute atomic E-state index is 0.124. The van der Waals surface area contributed by atoms with Crippen molar-refractivity contribution in [3.63, 3.8) is 0 Å². The molecule has 88 valence electrons. The van der Waals surface area contributed by atoms with Crippen LogP contribution in [0.25, 0.3) is 0 Å². The first-order chi connectivity index (χ1) is 7.66. The molecule has 1 fully saturated rings. The Morgan fingerprint density at radius 1 is 1.38 bits per heavy atom. The molecule has 0 aliphatic heterocycles. The van der Waals surface area contributed by atoms with Crippen molar-refractivity contribution in [2.75, 3.05) is 11.1 Å². The number of nitrogen functional groups attached to an aromatic ring is 1. The monoisotopic (exact) mass is 221 g/mol. The Kier molecular flexibility index (Phi) is 3.29. The number of aromatic nitrogens is 1. The second kappa shape index (κ2) is 4.70. The van der Waals surface area contributed by atoms with Crippen LogP contribution in [-0.2, 0) is 0 Å². The molecule has 0 saturated heterocycles. The molecule has 0 atom stereocenters. The summed E-state index contributed by atoms with van der Waals surface area (Å²) in [4.78, 5) is 4.25. The molecule has 0 bridgehead atoms. The van der Waals surface area contributed by atoms with Crippen molar-refractivity contribution in [3.8, 4) is 0 Å². The molecule has 1 aliphatic rings. The summed E-state index contributed by atoms with van der Waals surface area (Å²) in [6, 6.07) is 2.30. The Hall–Kier alpha value is -1.29. The van der Waals surface area contributed by atoms with Gasteiger partial charge in [0.25, 0.3) is 0 Å². The first-order valence-electron chi connectivity index (χ1n) is 5.82. The molecule has 0 spiro atoms. The Morgan fingerprint density at radius 2 is 2.06 bits per heavy atom. The van der Waals surface area contributed by atoms with Crippen LogP contribution in [0.1, 0.15) is 31.2 Å². The minimum atomic E-state index is -0.124. The van der Waals surface area contributed by atoms with Gasteiger partial charge in [-0.05, 0) is 44.2 Å². The van der Waals surface area contributed by atoms with E-state index < -0.39 is 0 Å². The van der Waals surface area contributed by atoms with E-state index in [2.05, 4.69) is 10.3 Å². The lowest BCUT2D eigenvalue weighted by Crippen LogP contribution is -2.28. The number of nitrogens with one attached hydrogen (secondary N) is 1. The van der Waals surface area contributed by atoms with Gasteiger partial charge in [0.05, 0.1) is 11.8 Å². The molecule has 2 rings (SSSR count). The van der Waals surface area contributed by atoms with Crippen LogP contribution in [0.3, 0.4) is 0 Å². The van der Waals surface area contributed by atoms with E-state index in [1.165, 1.54) is 0 Å². The van der Waals surface area contributed by atoms with Crippen molar-refractivity contribution in [1.82, 2.24) is 4.98 Å². The Bertz CT molecular complexity index is 359. The number of anilines is 2. The Labute approximate surface area is 95.9 Å². The van der Waals surface area contributed by atoms with Crippen LogP contribution in [0.4, 0.5) is 11.5 Å². The molecule has 0 radical (unpaired) electrons. The lowest BCUT2D eigenvalue weighted by atomic mass is 9.93. The van der Waals surface area contributed by atoms with Gasteiger partial charge in [0.1, 0.15) is 5.82 Å². The van der Waals surface area contributed by atoms with Gasteiger partial charge in [-0.25, -0.2) is 4.98 Å². The molecule has 4 nitrogen and oxygen atoms in total. The van der Waals surface area contributed by atoms with Gasteiger partial charge in [0, 0.05) is 12.2 Å². The average Bonchev–Trinajstić information content (AvgIpc) is 2.28. The van der Waals surface area contributed by atoms with Crippen LogP contribution in [0.2, 0.25) is 0 Å². The van der Waals surface area contributed by atoms with E-state index in [0.717, 1.165) is 42.8 Å². The molecule has 16 heavy (non-hydrogen) atoms. The average molecular weight is 221 g/mol. The molecule has 1 heterocycles. The SMILES string of the molecule is Cc1ccnc(NC2CCC(O)CC2)c1N.